The fourth-order valence-corrected chi connectivity index (χ4v) is 1.94. The van der Waals surface area contributed by atoms with E-state index >= 15 is 0 Å². The molecule has 0 radical (unpaired) electrons. The smallest absolute Gasteiger partial charge is 0.123 e. The van der Waals surface area contributed by atoms with Gasteiger partial charge in [-0.3, -0.25) is 11.3 Å². The SMILES string of the molecule is CCCC(OC)C(Cc1ccc(F)cc1)NN. The first-order valence-corrected chi connectivity index (χ1v) is 5.94. The minimum Gasteiger partial charge on any atom is -0.380 e. The molecule has 0 fully saturated rings. The molecule has 96 valence electrons. The first kappa shape index (κ1) is 14.1. The minimum atomic E-state index is -0.220. The highest BCUT2D eigenvalue weighted by Gasteiger charge is 2.19. The Balaban J connectivity index is 2.64. The van der Waals surface area contributed by atoms with Gasteiger partial charge in [-0.1, -0.05) is 25.5 Å². The summed E-state index contributed by atoms with van der Waals surface area (Å²) in [5.41, 5.74) is 3.83. The normalized spacial score (nSPS) is 14.6. The third-order valence-corrected chi connectivity index (χ3v) is 2.91. The molecule has 0 aliphatic carbocycles. The number of ether oxygens (including phenoxy) is 1. The zero-order valence-electron chi connectivity index (χ0n) is 10.4. The molecule has 1 rings (SSSR count). The highest BCUT2D eigenvalue weighted by Crippen LogP contribution is 2.12. The van der Waals surface area contributed by atoms with Crippen LogP contribution in [0.2, 0.25) is 0 Å². The van der Waals surface area contributed by atoms with E-state index in [1.165, 1.54) is 12.1 Å². The standard InChI is InChI=1S/C13H21FN2O/c1-3-4-13(17-2)12(16-15)9-10-5-7-11(14)8-6-10/h5-8,12-13,16H,3-4,9,15H2,1-2H3. The van der Waals surface area contributed by atoms with Crippen LogP contribution in [0.15, 0.2) is 24.3 Å². The van der Waals surface area contributed by atoms with Gasteiger partial charge in [-0.05, 0) is 30.5 Å². The molecule has 0 bridgehead atoms. The molecule has 1 aromatic carbocycles. The Morgan fingerprint density at radius 2 is 2.00 bits per heavy atom. The van der Waals surface area contributed by atoms with Crippen molar-refractivity contribution in [2.24, 2.45) is 5.84 Å². The van der Waals surface area contributed by atoms with Crippen LogP contribution >= 0.6 is 0 Å². The first-order valence-electron chi connectivity index (χ1n) is 5.94. The Morgan fingerprint density at radius 1 is 1.35 bits per heavy atom. The second-order valence-electron chi connectivity index (χ2n) is 4.17. The van der Waals surface area contributed by atoms with Crippen LogP contribution in [-0.4, -0.2) is 19.3 Å². The summed E-state index contributed by atoms with van der Waals surface area (Å²) >= 11 is 0. The van der Waals surface area contributed by atoms with Crippen LogP contribution in [-0.2, 0) is 11.2 Å². The predicted molar refractivity (Wildman–Crippen MR) is 66.9 cm³/mol. The lowest BCUT2D eigenvalue weighted by Crippen LogP contribution is -2.46. The molecule has 0 heterocycles. The molecule has 1 aromatic rings. The summed E-state index contributed by atoms with van der Waals surface area (Å²) in [7, 11) is 1.69. The number of hydrogen-bond acceptors (Lipinski definition) is 3. The van der Waals surface area contributed by atoms with Crippen molar-refractivity contribution < 1.29 is 9.13 Å². The van der Waals surface area contributed by atoms with Crippen molar-refractivity contribution in [2.75, 3.05) is 7.11 Å². The quantitative estimate of drug-likeness (QED) is 0.566. The summed E-state index contributed by atoms with van der Waals surface area (Å²) < 4.78 is 18.2. The van der Waals surface area contributed by atoms with Crippen molar-refractivity contribution >= 4 is 0 Å². The summed E-state index contributed by atoms with van der Waals surface area (Å²) in [5, 5.41) is 0. The molecule has 0 amide bonds. The molecule has 0 spiro atoms. The van der Waals surface area contributed by atoms with Gasteiger partial charge in [0, 0.05) is 7.11 Å². The number of hydrazine groups is 1. The zero-order valence-corrected chi connectivity index (χ0v) is 10.4. The van der Waals surface area contributed by atoms with E-state index in [0.717, 1.165) is 24.8 Å². The molecule has 2 unspecified atom stereocenters. The first-order chi connectivity index (χ1) is 8.21. The van der Waals surface area contributed by atoms with Crippen LogP contribution in [0.1, 0.15) is 25.3 Å². The summed E-state index contributed by atoms with van der Waals surface area (Å²) in [6, 6.07) is 6.52. The predicted octanol–water partition coefficient (Wildman–Crippen LogP) is 2.02. The number of hydrogen-bond donors (Lipinski definition) is 2. The number of rotatable bonds is 7. The lowest BCUT2D eigenvalue weighted by Gasteiger charge is -2.25. The maximum atomic E-state index is 12.8. The Kier molecular flexibility index (Phi) is 6.11. The maximum Gasteiger partial charge on any atom is 0.123 e. The fraction of sp³-hybridized carbons (Fsp3) is 0.538. The molecular formula is C13H21FN2O. The van der Waals surface area contributed by atoms with Crippen molar-refractivity contribution in [2.45, 2.75) is 38.3 Å². The van der Waals surface area contributed by atoms with Gasteiger partial charge in [0.1, 0.15) is 5.82 Å². The highest BCUT2D eigenvalue weighted by molar-refractivity contribution is 5.17. The van der Waals surface area contributed by atoms with E-state index in [1.54, 1.807) is 19.2 Å². The number of halogens is 1. The maximum absolute atomic E-state index is 12.8. The third-order valence-electron chi connectivity index (χ3n) is 2.91. The average molecular weight is 240 g/mol. The number of nitrogens with one attached hydrogen (secondary N) is 1. The van der Waals surface area contributed by atoms with E-state index in [1.807, 2.05) is 0 Å². The molecule has 0 aromatic heterocycles. The fourth-order valence-electron chi connectivity index (χ4n) is 1.94. The molecule has 0 saturated heterocycles. The second kappa shape index (κ2) is 7.37. The Labute approximate surface area is 102 Å². The number of methoxy groups -OCH3 is 1. The van der Waals surface area contributed by atoms with Crippen molar-refractivity contribution in [1.82, 2.24) is 5.43 Å². The Morgan fingerprint density at radius 3 is 2.47 bits per heavy atom. The van der Waals surface area contributed by atoms with E-state index in [2.05, 4.69) is 12.3 Å². The number of benzene rings is 1. The molecule has 4 heteroatoms. The minimum absolute atomic E-state index is 0.0467. The molecule has 3 N–H and O–H groups in total. The van der Waals surface area contributed by atoms with E-state index in [9.17, 15) is 4.39 Å². The Bertz CT molecular complexity index is 316. The van der Waals surface area contributed by atoms with Gasteiger partial charge in [-0.25, -0.2) is 4.39 Å². The molecule has 0 saturated carbocycles. The summed E-state index contributed by atoms with van der Waals surface area (Å²) in [4.78, 5) is 0. The van der Waals surface area contributed by atoms with Gasteiger partial charge in [0.05, 0.1) is 12.1 Å². The molecule has 17 heavy (non-hydrogen) atoms. The van der Waals surface area contributed by atoms with Gasteiger partial charge in [0.15, 0.2) is 0 Å². The van der Waals surface area contributed by atoms with Crippen LogP contribution in [0.5, 0.6) is 0 Å². The second-order valence-corrected chi connectivity index (χ2v) is 4.17. The van der Waals surface area contributed by atoms with Crippen molar-refractivity contribution in [3.8, 4) is 0 Å². The molecule has 3 nitrogen and oxygen atoms in total. The van der Waals surface area contributed by atoms with E-state index in [0.29, 0.717) is 0 Å². The Hall–Kier alpha value is -0.970. The van der Waals surface area contributed by atoms with Gasteiger partial charge < -0.3 is 4.74 Å². The van der Waals surface area contributed by atoms with Gasteiger partial charge in [-0.2, -0.15) is 0 Å². The molecule has 0 aliphatic rings. The van der Waals surface area contributed by atoms with Gasteiger partial charge in [0.2, 0.25) is 0 Å². The van der Waals surface area contributed by atoms with E-state index < -0.39 is 0 Å². The lowest BCUT2D eigenvalue weighted by molar-refractivity contribution is 0.0609. The van der Waals surface area contributed by atoms with Crippen molar-refractivity contribution in [3.05, 3.63) is 35.6 Å². The van der Waals surface area contributed by atoms with Gasteiger partial charge >= 0.3 is 0 Å². The summed E-state index contributed by atoms with van der Waals surface area (Å²) in [5.74, 6) is 5.33. The largest absolute Gasteiger partial charge is 0.380 e. The van der Waals surface area contributed by atoms with Crippen LogP contribution in [0.3, 0.4) is 0 Å². The summed E-state index contributed by atoms with van der Waals surface area (Å²) in [6.45, 7) is 2.11. The van der Waals surface area contributed by atoms with Gasteiger partial charge in [0.25, 0.3) is 0 Å². The van der Waals surface area contributed by atoms with Crippen LogP contribution in [0, 0.1) is 5.82 Å². The zero-order chi connectivity index (χ0) is 12.7. The van der Waals surface area contributed by atoms with Crippen molar-refractivity contribution in [1.29, 1.82) is 0 Å². The van der Waals surface area contributed by atoms with Crippen LogP contribution in [0.25, 0.3) is 0 Å². The lowest BCUT2D eigenvalue weighted by atomic mass is 9.99. The topological polar surface area (TPSA) is 47.3 Å². The molecule has 2 atom stereocenters. The van der Waals surface area contributed by atoms with Gasteiger partial charge in [-0.15, -0.1) is 0 Å². The number of nitrogens with two attached hydrogens (primary N) is 1. The van der Waals surface area contributed by atoms with E-state index in [-0.39, 0.29) is 18.0 Å². The third kappa shape index (κ3) is 4.42. The monoisotopic (exact) mass is 240 g/mol. The summed E-state index contributed by atoms with van der Waals surface area (Å²) in [6.07, 6.45) is 2.80. The van der Waals surface area contributed by atoms with Crippen LogP contribution < -0.4 is 11.3 Å². The highest BCUT2D eigenvalue weighted by atomic mass is 19.1. The van der Waals surface area contributed by atoms with Crippen LogP contribution in [0.4, 0.5) is 4.39 Å². The average Bonchev–Trinajstić information content (AvgIpc) is 2.36. The van der Waals surface area contributed by atoms with Crippen molar-refractivity contribution in [3.63, 3.8) is 0 Å². The van der Waals surface area contributed by atoms with E-state index in [4.69, 9.17) is 10.6 Å². The molecular weight excluding hydrogens is 219 g/mol. The molecule has 0 aliphatic heterocycles.